The lowest BCUT2D eigenvalue weighted by atomic mass is 10.5. The molecule has 2 rings (SSSR count). The van der Waals surface area contributed by atoms with Gasteiger partial charge in [0.05, 0.1) is 6.61 Å². The summed E-state index contributed by atoms with van der Waals surface area (Å²) in [5.74, 6) is -0.154. The fourth-order valence-electron chi connectivity index (χ4n) is 2.09. The van der Waals surface area contributed by atoms with E-state index in [1.54, 1.807) is 44.9 Å². The minimum absolute atomic E-state index is 0.123. The van der Waals surface area contributed by atoms with Crippen LogP contribution in [0, 0.1) is 5.41 Å². The van der Waals surface area contributed by atoms with Gasteiger partial charge < -0.3 is 14.5 Å². The SMILES string of the molecule is CCOC(=O)CN1C(=N)N(c2nc(N(C)C)nc(N(C)C)n2)CC1=O. The van der Waals surface area contributed by atoms with Crippen LogP contribution in [0.1, 0.15) is 6.92 Å². The van der Waals surface area contributed by atoms with Crippen molar-refractivity contribution in [1.82, 2.24) is 19.9 Å². The third-order valence-electron chi connectivity index (χ3n) is 3.34. The summed E-state index contributed by atoms with van der Waals surface area (Å²) in [4.78, 5) is 42.5. The van der Waals surface area contributed by atoms with Crippen LogP contribution >= 0.6 is 0 Å². The van der Waals surface area contributed by atoms with Gasteiger partial charge in [0.15, 0.2) is 0 Å². The van der Waals surface area contributed by atoms with Crippen LogP contribution in [0.3, 0.4) is 0 Å². The molecule has 0 aliphatic carbocycles. The zero-order valence-electron chi connectivity index (χ0n) is 15.0. The van der Waals surface area contributed by atoms with Gasteiger partial charge in [0.1, 0.15) is 13.1 Å². The summed E-state index contributed by atoms with van der Waals surface area (Å²) >= 11 is 0. The van der Waals surface area contributed by atoms with Crippen LogP contribution in [0.25, 0.3) is 0 Å². The number of carbonyl (C=O) groups is 2. The summed E-state index contributed by atoms with van der Waals surface area (Å²) in [6, 6.07) is 0. The minimum Gasteiger partial charge on any atom is -0.465 e. The summed E-state index contributed by atoms with van der Waals surface area (Å²) in [5, 5.41) is 8.21. The Morgan fingerprint density at radius 2 is 1.72 bits per heavy atom. The fourth-order valence-corrected chi connectivity index (χ4v) is 2.09. The molecule has 11 nitrogen and oxygen atoms in total. The first kappa shape index (κ1) is 18.4. The largest absolute Gasteiger partial charge is 0.465 e. The van der Waals surface area contributed by atoms with Crippen molar-refractivity contribution in [3.8, 4) is 0 Å². The molecule has 0 radical (unpaired) electrons. The first-order chi connectivity index (χ1) is 11.7. The van der Waals surface area contributed by atoms with E-state index in [1.165, 1.54) is 4.90 Å². The number of nitrogens with zero attached hydrogens (tertiary/aromatic N) is 7. The maximum absolute atomic E-state index is 12.2. The van der Waals surface area contributed by atoms with Gasteiger partial charge in [-0.3, -0.25) is 24.8 Å². The average Bonchev–Trinajstić information content (AvgIpc) is 2.82. The summed E-state index contributed by atoms with van der Waals surface area (Å²) in [5.41, 5.74) is 0. The highest BCUT2D eigenvalue weighted by Crippen LogP contribution is 2.21. The Labute approximate surface area is 145 Å². The molecule has 1 aromatic rings. The topological polar surface area (TPSA) is 119 Å². The number of carbonyl (C=O) groups excluding carboxylic acids is 2. The van der Waals surface area contributed by atoms with Crippen molar-refractivity contribution in [2.24, 2.45) is 0 Å². The molecule has 0 atom stereocenters. The van der Waals surface area contributed by atoms with Crippen molar-refractivity contribution in [2.75, 3.05) is 62.6 Å². The second-order valence-electron chi connectivity index (χ2n) is 5.72. The Morgan fingerprint density at radius 3 is 2.20 bits per heavy atom. The number of ether oxygens (including phenoxy) is 1. The highest BCUT2D eigenvalue weighted by molar-refractivity contribution is 6.13. The van der Waals surface area contributed by atoms with Crippen molar-refractivity contribution in [2.45, 2.75) is 6.92 Å². The molecule has 136 valence electrons. The van der Waals surface area contributed by atoms with Gasteiger partial charge >= 0.3 is 5.97 Å². The van der Waals surface area contributed by atoms with Crippen molar-refractivity contribution < 1.29 is 14.3 Å². The molecule has 1 aliphatic rings. The molecule has 0 bridgehead atoms. The van der Waals surface area contributed by atoms with Gasteiger partial charge in [-0.2, -0.15) is 15.0 Å². The van der Waals surface area contributed by atoms with Crippen molar-refractivity contribution in [1.29, 1.82) is 5.41 Å². The standard InChI is InChI=1S/C14H22N8O3/c1-6-25-10(24)8-21-9(23)7-22(11(21)15)14-17-12(19(2)3)16-13(18-14)20(4)5/h15H,6-8H2,1-5H3. The van der Waals surface area contributed by atoms with Gasteiger partial charge in [-0.15, -0.1) is 0 Å². The number of guanidine groups is 1. The predicted octanol–water partition coefficient (Wildman–Crippen LogP) is -0.850. The van der Waals surface area contributed by atoms with Crippen LogP contribution in [0.4, 0.5) is 17.8 Å². The number of aromatic nitrogens is 3. The van der Waals surface area contributed by atoms with Crippen LogP contribution in [0.15, 0.2) is 0 Å². The van der Waals surface area contributed by atoms with Gasteiger partial charge in [0.25, 0.3) is 0 Å². The van der Waals surface area contributed by atoms with Crippen LogP contribution in [0.2, 0.25) is 0 Å². The molecule has 2 heterocycles. The lowest BCUT2D eigenvalue weighted by Gasteiger charge is -2.21. The number of nitrogens with one attached hydrogen (secondary N) is 1. The van der Waals surface area contributed by atoms with E-state index in [4.69, 9.17) is 10.1 Å². The second kappa shape index (κ2) is 7.28. The van der Waals surface area contributed by atoms with Crippen molar-refractivity contribution in [3.05, 3.63) is 0 Å². The molecule has 1 fully saturated rings. The molecular weight excluding hydrogens is 328 g/mol. The van der Waals surface area contributed by atoms with E-state index in [0.717, 1.165) is 4.90 Å². The zero-order valence-corrected chi connectivity index (χ0v) is 15.0. The van der Waals surface area contributed by atoms with E-state index in [-0.39, 0.29) is 31.6 Å². The third-order valence-corrected chi connectivity index (χ3v) is 3.34. The molecule has 0 unspecified atom stereocenters. The smallest absolute Gasteiger partial charge is 0.326 e. The quantitative estimate of drug-likeness (QED) is 0.654. The molecule has 0 aromatic carbocycles. The Balaban J connectivity index is 2.31. The lowest BCUT2D eigenvalue weighted by molar-refractivity contribution is -0.146. The summed E-state index contributed by atoms with van der Waals surface area (Å²) in [6.07, 6.45) is 0. The van der Waals surface area contributed by atoms with Crippen LogP contribution < -0.4 is 14.7 Å². The third kappa shape index (κ3) is 3.92. The highest BCUT2D eigenvalue weighted by atomic mass is 16.5. The van der Waals surface area contributed by atoms with Crippen LogP contribution in [-0.4, -0.2) is 85.6 Å². The van der Waals surface area contributed by atoms with Crippen LogP contribution in [0.5, 0.6) is 0 Å². The molecule has 1 saturated heterocycles. The number of amides is 1. The number of hydrogen-bond acceptors (Lipinski definition) is 9. The van der Waals surface area contributed by atoms with Crippen molar-refractivity contribution >= 4 is 35.7 Å². The Hall–Kier alpha value is -2.98. The average molecular weight is 350 g/mol. The molecular formula is C14H22N8O3. The second-order valence-corrected chi connectivity index (χ2v) is 5.72. The molecule has 1 aliphatic heterocycles. The van der Waals surface area contributed by atoms with E-state index < -0.39 is 11.9 Å². The van der Waals surface area contributed by atoms with Gasteiger partial charge in [-0.1, -0.05) is 0 Å². The zero-order chi connectivity index (χ0) is 18.7. The monoisotopic (exact) mass is 350 g/mol. The molecule has 0 saturated carbocycles. The summed E-state index contributed by atoms with van der Waals surface area (Å²) in [6.45, 7) is 1.46. The van der Waals surface area contributed by atoms with Gasteiger partial charge in [-0.05, 0) is 6.92 Å². The minimum atomic E-state index is -0.568. The normalized spacial score (nSPS) is 14.1. The van der Waals surface area contributed by atoms with Crippen LogP contribution in [-0.2, 0) is 14.3 Å². The highest BCUT2D eigenvalue weighted by Gasteiger charge is 2.37. The first-order valence-electron chi connectivity index (χ1n) is 7.67. The number of rotatable bonds is 6. The Morgan fingerprint density at radius 1 is 1.16 bits per heavy atom. The molecule has 11 heteroatoms. The Kier molecular flexibility index (Phi) is 5.35. The molecule has 0 spiro atoms. The molecule has 25 heavy (non-hydrogen) atoms. The van der Waals surface area contributed by atoms with E-state index in [9.17, 15) is 9.59 Å². The maximum atomic E-state index is 12.2. The number of hydrogen-bond donors (Lipinski definition) is 1. The summed E-state index contributed by atoms with van der Waals surface area (Å²) in [7, 11) is 7.14. The van der Waals surface area contributed by atoms with Gasteiger partial charge in [0.2, 0.25) is 29.7 Å². The van der Waals surface area contributed by atoms with Gasteiger partial charge in [-0.25, -0.2) is 0 Å². The van der Waals surface area contributed by atoms with E-state index >= 15 is 0 Å². The van der Waals surface area contributed by atoms with Gasteiger partial charge in [0, 0.05) is 28.2 Å². The molecule has 1 amide bonds. The molecule has 1 aromatic heterocycles. The maximum Gasteiger partial charge on any atom is 0.326 e. The van der Waals surface area contributed by atoms with Crippen molar-refractivity contribution in [3.63, 3.8) is 0 Å². The number of esters is 1. The van der Waals surface area contributed by atoms with E-state index in [1.807, 2.05) is 0 Å². The van der Waals surface area contributed by atoms with E-state index in [0.29, 0.717) is 11.9 Å². The van der Waals surface area contributed by atoms with E-state index in [2.05, 4.69) is 15.0 Å². The fraction of sp³-hybridized carbons (Fsp3) is 0.571. The lowest BCUT2D eigenvalue weighted by Crippen LogP contribution is -2.38. The Bertz CT molecular complexity index is 664. The molecule has 1 N–H and O–H groups in total. The predicted molar refractivity (Wildman–Crippen MR) is 91.9 cm³/mol. The first-order valence-corrected chi connectivity index (χ1v) is 7.67. The number of anilines is 3. The summed E-state index contributed by atoms with van der Waals surface area (Å²) < 4.78 is 4.84.